The summed E-state index contributed by atoms with van der Waals surface area (Å²) in [7, 11) is 0. The van der Waals surface area contributed by atoms with Crippen molar-refractivity contribution in [1.82, 2.24) is 0 Å². The normalized spacial score (nSPS) is 21.6. The number of hydrogen-bond donors (Lipinski definition) is 2. The SMILES string of the molecule is CC(O)(S)Br. The van der Waals surface area contributed by atoms with E-state index in [4.69, 9.17) is 5.11 Å². The highest BCUT2D eigenvalue weighted by Crippen LogP contribution is 2.15. The maximum atomic E-state index is 8.30. The van der Waals surface area contributed by atoms with Gasteiger partial charge in [-0.1, -0.05) is 0 Å². The lowest BCUT2D eigenvalue weighted by Crippen LogP contribution is -1.99. The summed E-state index contributed by atoms with van der Waals surface area (Å²) in [5.41, 5.74) is 0. The topological polar surface area (TPSA) is 20.2 Å². The molecule has 0 rings (SSSR count). The highest BCUT2D eigenvalue weighted by molar-refractivity contribution is 9.11. The molecule has 0 amide bonds. The number of thiol groups is 1. The Hall–Kier alpha value is 0.790. The Morgan fingerprint density at radius 1 is 2.00 bits per heavy atom. The van der Waals surface area contributed by atoms with Gasteiger partial charge in [0.2, 0.25) is 0 Å². The number of halogens is 1. The summed E-state index contributed by atoms with van der Waals surface area (Å²) in [6.07, 6.45) is 0. The molecule has 1 atom stereocenters. The average molecular weight is 157 g/mol. The Kier molecular flexibility index (Phi) is 1.73. The Morgan fingerprint density at radius 2 is 2.00 bits per heavy atom. The molecule has 0 aliphatic heterocycles. The molecule has 3 heteroatoms. The molecule has 1 N–H and O–H groups in total. The molecule has 0 radical (unpaired) electrons. The van der Waals surface area contributed by atoms with E-state index in [-0.39, 0.29) is 0 Å². The molecule has 0 bridgehead atoms. The van der Waals surface area contributed by atoms with Crippen LogP contribution in [0.3, 0.4) is 0 Å². The molecule has 5 heavy (non-hydrogen) atoms. The van der Waals surface area contributed by atoms with Crippen molar-refractivity contribution in [3.8, 4) is 0 Å². The van der Waals surface area contributed by atoms with E-state index >= 15 is 0 Å². The van der Waals surface area contributed by atoms with E-state index in [0.29, 0.717) is 0 Å². The molecule has 0 aromatic carbocycles. The summed E-state index contributed by atoms with van der Waals surface area (Å²) in [5.74, 6) is 0. The highest BCUT2D eigenvalue weighted by atomic mass is 79.9. The molecule has 1 unspecified atom stereocenters. The summed E-state index contributed by atoms with van der Waals surface area (Å²) >= 11 is 6.39. The quantitative estimate of drug-likeness (QED) is 0.305. The van der Waals surface area contributed by atoms with E-state index in [0.717, 1.165) is 0 Å². The monoisotopic (exact) mass is 156 g/mol. The predicted octanol–water partition coefficient (Wildman–Crippen LogP) is 0.977. The minimum absolute atomic E-state index is 0.993. The molecule has 1 nitrogen and oxygen atoms in total. The van der Waals surface area contributed by atoms with Gasteiger partial charge in [-0.2, -0.15) is 0 Å². The molecular formula is C2H5BrOS. The number of aliphatic hydroxyl groups is 1. The lowest BCUT2D eigenvalue weighted by molar-refractivity contribution is 0.261. The van der Waals surface area contributed by atoms with Crippen LogP contribution in [-0.4, -0.2) is 8.95 Å². The van der Waals surface area contributed by atoms with Gasteiger partial charge in [0.25, 0.3) is 0 Å². The van der Waals surface area contributed by atoms with Crippen LogP contribution < -0.4 is 0 Å². The third-order valence-corrected chi connectivity index (χ3v) is 0. The van der Waals surface area contributed by atoms with Crippen molar-refractivity contribution >= 4 is 28.6 Å². The zero-order valence-electron chi connectivity index (χ0n) is 2.77. The van der Waals surface area contributed by atoms with Crippen molar-refractivity contribution in [2.45, 2.75) is 10.8 Å². The van der Waals surface area contributed by atoms with Crippen molar-refractivity contribution in [3.63, 3.8) is 0 Å². The van der Waals surface area contributed by atoms with Crippen molar-refractivity contribution in [2.75, 3.05) is 0 Å². The van der Waals surface area contributed by atoms with Crippen molar-refractivity contribution < 1.29 is 5.11 Å². The molecule has 0 heterocycles. The van der Waals surface area contributed by atoms with Gasteiger partial charge in [0, 0.05) is 0 Å². The van der Waals surface area contributed by atoms with Gasteiger partial charge in [0.1, 0.15) is 0 Å². The molecule has 0 aromatic heterocycles. The summed E-state index contributed by atoms with van der Waals surface area (Å²) in [4.78, 5) is 0. The number of alkyl halides is 1. The minimum atomic E-state index is -0.993. The summed E-state index contributed by atoms with van der Waals surface area (Å²) in [5, 5.41) is 8.30. The first kappa shape index (κ1) is 5.79. The lowest BCUT2D eigenvalue weighted by atomic mass is 10.9. The number of rotatable bonds is 0. The van der Waals surface area contributed by atoms with Crippen LogP contribution in [0.2, 0.25) is 0 Å². The van der Waals surface area contributed by atoms with E-state index in [9.17, 15) is 0 Å². The smallest absolute Gasteiger partial charge is 0.160 e. The Bertz CT molecular complexity index is 25.1. The third kappa shape index (κ3) is 59.7. The van der Waals surface area contributed by atoms with Crippen LogP contribution >= 0.6 is 28.6 Å². The fourth-order valence-corrected chi connectivity index (χ4v) is 0. The minimum Gasteiger partial charge on any atom is -0.370 e. The van der Waals surface area contributed by atoms with E-state index in [1.54, 1.807) is 0 Å². The molecule has 32 valence electrons. The maximum Gasteiger partial charge on any atom is 0.160 e. The molecular weight excluding hydrogens is 152 g/mol. The summed E-state index contributed by atoms with van der Waals surface area (Å²) in [6, 6.07) is 0. The van der Waals surface area contributed by atoms with Gasteiger partial charge in [0.05, 0.1) is 0 Å². The van der Waals surface area contributed by atoms with Crippen LogP contribution in [0.5, 0.6) is 0 Å². The molecule has 0 aromatic rings. The van der Waals surface area contributed by atoms with Gasteiger partial charge in [0.15, 0.2) is 3.84 Å². The average Bonchev–Trinajstić information content (AvgIpc) is 0.722. The van der Waals surface area contributed by atoms with Crippen molar-refractivity contribution in [2.24, 2.45) is 0 Å². The molecule has 0 fully saturated rings. The first-order valence-electron chi connectivity index (χ1n) is 1.14. The maximum absolute atomic E-state index is 8.30. The van der Waals surface area contributed by atoms with E-state index in [1.165, 1.54) is 6.92 Å². The zero-order valence-corrected chi connectivity index (χ0v) is 5.25. The van der Waals surface area contributed by atoms with Crippen LogP contribution in [0, 0.1) is 0 Å². The van der Waals surface area contributed by atoms with Gasteiger partial charge in [-0.05, 0) is 22.9 Å². The van der Waals surface area contributed by atoms with E-state index < -0.39 is 3.84 Å². The lowest BCUT2D eigenvalue weighted by Gasteiger charge is -2.00. The second-order valence-corrected chi connectivity index (χ2v) is 3.93. The highest BCUT2D eigenvalue weighted by Gasteiger charge is 2.02. The zero-order chi connectivity index (χ0) is 4.50. The van der Waals surface area contributed by atoms with Crippen LogP contribution in [0.4, 0.5) is 0 Å². The largest absolute Gasteiger partial charge is 0.370 e. The molecule has 0 spiro atoms. The molecule has 0 saturated heterocycles. The van der Waals surface area contributed by atoms with Crippen LogP contribution in [0.15, 0.2) is 0 Å². The van der Waals surface area contributed by atoms with Gasteiger partial charge >= 0.3 is 0 Å². The van der Waals surface area contributed by atoms with Crippen LogP contribution in [-0.2, 0) is 0 Å². The predicted molar refractivity (Wildman–Crippen MR) is 28.5 cm³/mol. The Balaban J connectivity index is 3.02. The van der Waals surface area contributed by atoms with Crippen LogP contribution in [0.1, 0.15) is 6.92 Å². The third-order valence-electron chi connectivity index (χ3n) is 0. The summed E-state index contributed by atoms with van der Waals surface area (Å²) in [6.45, 7) is 1.52. The summed E-state index contributed by atoms with van der Waals surface area (Å²) < 4.78 is -0.993. The Labute approximate surface area is 44.9 Å². The number of hydrogen-bond acceptors (Lipinski definition) is 2. The van der Waals surface area contributed by atoms with Crippen molar-refractivity contribution in [3.05, 3.63) is 0 Å². The van der Waals surface area contributed by atoms with Gasteiger partial charge in [-0.3, -0.25) is 0 Å². The van der Waals surface area contributed by atoms with E-state index in [1.807, 2.05) is 0 Å². The van der Waals surface area contributed by atoms with Crippen LogP contribution in [0.25, 0.3) is 0 Å². The second kappa shape index (κ2) is 1.49. The van der Waals surface area contributed by atoms with Crippen molar-refractivity contribution in [1.29, 1.82) is 0 Å². The fourth-order valence-electron chi connectivity index (χ4n) is 0. The van der Waals surface area contributed by atoms with E-state index in [2.05, 4.69) is 28.6 Å². The van der Waals surface area contributed by atoms with Gasteiger partial charge in [-0.25, -0.2) is 0 Å². The standard InChI is InChI=1S/C2H5BrOS/c1-2(3,4)5/h4-5H,1H3. The second-order valence-electron chi connectivity index (χ2n) is 0.905. The first-order chi connectivity index (χ1) is 2.00. The molecule has 0 saturated carbocycles. The fraction of sp³-hybridized carbons (Fsp3) is 1.00. The first-order valence-corrected chi connectivity index (χ1v) is 2.38. The molecule has 0 aliphatic rings. The molecule has 0 aliphatic carbocycles. The Morgan fingerprint density at radius 3 is 2.00 bits per heavy atom. The van der Waals surface area contributed by atoms with Gasteiger partial charge in [-0.15, -0.1) is 12.6 Å². The van der Waals surface area contributed by atoms with Gasteiger partial charge < -0.3 is 5.11 Å².